The van der Waals surface area contributed by atoms with Crippen LogP contribution in [0.5, 0.6) is 0 Å². The third-order valence-corrected chi connectivity index (χ3v) is 3.57. The van der Waals surface area contributed by atoms with Gasteiger partial charge in [-0.3, -0.25) is 4.79 Å². The number of anilines is 1. The highest BCUT2D eigenvalue weighted by molar-refractivity contribution is 5.95. The molecule has 1 amide bonds. The molecule has 0 bridgehead atoms. The first kappa shape index (κ1) is 15.1. The Bertz CT molecular complexity index is 635. The Morgan fingerprint density at radius 3 is 2.52 bits per heavy atom. The number of hydrogen-bond acceptors (Lipinski definition) is 2. The van der Waals surface area contributed by atoms with Gasteiger partial charge in [0.15, 0.2) is 0 Å². The summed E-state index contributed by atoms with van der Waals surface area (Å²) in [5.41, 5.74) is 5.36. The first-order chi connectivity index (χ1) is 10.1. The van der Waals surface area contributed by atoms with Crippen LogP contribution in [-0.4, -0.2) is 12.5 Å². The number of carbonyl (C=O) groups excluding carboxylic acids is 1. The van der Waals surface area contributed by atoms with Crippen LogP contribution in [0.3, 0.4) is 0 Å². The zero-order valence-corrected chi connectivity index (χ0v) is 12.9. The van der Waals surface area contributed by atoms with Crippen molar-refractivity contribution in [3.05, 3.63) is 64.7 Å². The van der Waals surface area contributed by atoms with E-state index in [9.17, 15) is 4.79 Å². The highest BCUT2D eigenvalue weighted by Crippen LogP contribution is 2.18. The minimum absolute atomic E-state index is 0.0311. The standard InChI is InChI=1S/C18H22N2O/c1-4-19-18(21)15-10-9-14(3)17(11-15)20-12-16-8-6-5-7-13(16)2/h5-11,20H,4,12H2,1-3H3,(H,19,21). The summed E-state index contributed by atoms with van der Waals surface area (Å²) in [6.45, 7) is 7.46. The van der Waals surface area contributed by atoms with E-state index in [4.69, 9.17) is 0 Å². The van der Waals surface area contributed by atoms with Crippen LogP contribution in [0, 0.1) is 13.8 Å². The molecule has 0 atom stereocenters. The van der Waals surface area contributed by atoms with Gasteiger partial charge in [-0.15, -0.1) is 0 Å². The van der Waals surface area contributed by atoms with Crippen LogP contribution in [0.4, 0.5) is 5.69 Å². The van der Waals surface area contributed by atoms with Gasteiger partial charge in [0.2, 0.25) is 0 Å². The molecule has 0 saturated carbocycles. The summed E-state index contributed by atoms with van der Waals surface area (Å²) < 4.78 is 0. The van der Waals surface area contributed by atoms with Crippen molar-refractivity contribution >= 4 is 11.6 Å². The highest BCUT2D eigenvalue weighted by atomic mass is 16.1. The third-order valence-electron chi connectivity index (χ3n) is 3.57. The Labute approximate surface area is 126 Å². The molecular weight excluding hydrogens is 260 g/mol. The average molecular weight is 282 g/mol. The topological polar surface area (TPSA) is 41.1 Å². The van der Waals surface area contributed by atoms with Gasteiger partial charge in [0.25, 0.3) is 5.91 Å². The number of benzene rings is 2. The van der Waals surface area contributed by atoms with Gasteiger partial charge in [0.1, 0.15) is 0 Å². The van der Waals surface area contributed by atoms with Crippen LogP contribution >= 0.6 is 0 Å². The molecule has 0 radical (unpaired) electrons. The molecule has 3 heteroatoms. The molecule has 0 aliphatic rings. The lowest BCUT2D eigenvalue weighted by atomic mass is 10.1. The van der Waals surface area contributed by atoms with E-state index >= 15 is 0 Å². The van der Waals surface area contributed by atoms with Crippen LogP contribution in [0.2, 0.25) is 0 Å². The molecule has 2 aromatic carbocycles. The molecule has 0 spiro atoms. The molecule has 0 fully saturated rings. The summed E-state index contributed by atoms with van der Waals surface area (Å²) in [5.74, 6) is -0.0311. The molecule has 110 valence electrons. The molecule has 0 heterocycles. The number of aryl methyl sites for hydroxylation is 2. The number of hydrogen-bond donors (Lipinski definition) is 2. The number of carbonyl (C=O) groups is 1. The minimum atomic E-state index is -0.0311. The van der Waals surface area contributed by atoms with E-state index in [1.807, 2.05) is 44.2 Å². The van der Waals surface area contributed by atoms with E-state index in [1.165, 1.54) is 11.1 Å². The molecule has 2 aromatic rings. The van der Waals surface area contributed by atoms with Gasteiger partial charge in [-0.05, 0) is 49.6 Å². The summed E-state index contributed by atoms with van der Waals surface area (Å²) >= 11 is 0. The summed E-state index contributed by atoms with van der Waals surface area (Å²) in [6.07, 6.45) is 0. The van der Waals surface area contributed by atoms with Crippen LogP contribution in [0.15, 0.2) is 42.5 Å². The van der Waals surface area contributed by atoms with Crippen molar-refractivity contribution in [2.24, 2.45) is 0 Å². The maximum Gasteiger partial charge on any atom is 0.251 e. The lowest BCUT2D eigenvalue weighted by molar-refractivity contribution is 0.0956. The van der Waals surface area contributed by atoms with Gasteiger partial charge in [-0.2, -0.15) is 0 Å². The monoisotopic (exact) mass is 282 g/mol. The van der Waals surface area contributed by atoms with E-state index in [2.05, 4.69) is 29.7 Å². The zero-order chi connectivity index (χ0) is 15.2. The second-order valence-corrected chi connectivity index (χ2v) is 5.17. The minimum Gasteiger partial charge on any atom is -0.381 e. The van der Waals surface area contributed by atoms with Crippen molar-refractivity contribution in [3.63, 3.8) is 0 Å². The SMILES string of the molecule is CCNC(=O)c1ccc(C)c(NCc2ccccc2C)c1. The summed E-state index contributed by atoms with van der Waals surface area (Å²) in [4.78, 5) is 11.9. The van der Waals surface area contributed by atoms with Gasteiger partial charge in [-0.1, -0.05) is 30.3 Å². The van der Waals surface area contributed by atoms with Gasteiger partial charge in [0.05, 0.1) is 0 Å². The maximum absolute atomic E-state index is 11.9. The second kappa shape index (κ2) is 6.93. The molecule has 2 N–H and O–H groups in total. The van der Waals surface area contributed by atoms with Crippen LogP contribution in [0.25, 0.3) is 0 Å². The fourth-order valence-electron chi connectivity index (χ4n) is 2.22. The third kappa shape index (κ3) is 3.85. The smallest absolute Gasteiger partial charge is 0.251 e. The van der Waals surface area contributed by atoms with Crippen LogP contribution in [0.1, 0.15) is 34.0 Å². The lowest BCUT2D eigenvalue weighted by Crippen LogP contribution is -2.22. The Morgan fingerprint density at radius 1 is 1.05 bits per heavy atom. The predicted molar refractivity (Wildman–Crippen MR) is 87.7 cm³/mol. The fraction of sp³-hybridized carbons (Fsp3) is 0.278. The van der Waals surface area contributed by atoms with E-state index in [-0.39, 0.29) is 5.91 Å². The Hall–Kier alpha value is -2.29. The molecule has 21 heavy (non-hydrogen) atoms. The van der Waals surface area contributed by atoms with Crippen molar-refractivity contribution in [2.75, 3.05) is 11.9 Å². The number of amides is 1. The lowest BCUT2D eigenvalue weighted by Gasteiger charge is -2.13. The first-order valence-corrected chi connectivity index (χ1v) is 7.29. The van der Waals surface area contributed by atoms with E-state index in [1.54, 1.807) is 0 Å². The molecule has 0 aliphatic heterocycles. The van der Waals surface area contributed by atoms with Gasteiger partial charge in [0, 0.05) is 24.3 Å². The van der Waals surface area contributed by atoms with Gasteiger partial charge in [-0.25, -0.2) is 0 Å². The van der Waals surface area contributed by atoms with E-state index < -0.39 is 0 Å². The van der Waals surface area contributed by atoms with Crippen molar-refractivity contribution in [1.29, 1.82) is 0 Å². The van der Waals surface area contributed by atoms with Crippen LogP contribution < -0.4 is 10.6 Å². The normalized spacial score (nSPS) is 10.2. The largest absolute Gasteiger partial charge is 0.381 e. The molecule has 3 nitrogen and oxygen atoms in total. The predicted octanol–water partition coefficient (Wildman–Crippen LogP) is 3.67. The Kier molecular flexibility index (Phi) is 4.99. The highest BCUT2D eigenvalue weighted by Gasteiger charge is 2.07. The first-order valence-electron chi connectivity index (χ1n) is 7.29. The zero-order valence-electron chi connectivity index (χ0n) is 12.9. The van der Waals surface area contributed by atoms with Crippen molar-refractivity contribution in [2.45, 2.75) is 27.3 Å². The molecule has 0 unspecified atom stereocenters. The van der Waals surface area contributed by atoms with Crippen molar-refractivity contribution < 1.29 is 4.79 Å². The summed E-state index contributed by atoms with van der Waals surface area (Å²) in [7, 11) is 0. The number of nitrogens with one attached hydrogen (secondary N) is 2. The Morgan fingerprint density at radius 2 is 1.81 bits per heavy atom. The second-order valence-electron chi connectivity index (χ2n) is 5.17. The fourth-order valence-corrected chi connectivity index (χ4v) is 2.22. The Balaban J connectivity index is 2.14. The van der Waals surface area contributed by atoms with Crippen LogP contribution in [-0.2, 0) is 6.54 Å². The molecular formula is C18H22N2O. The molecule has 0 aromatic heterocycles. The average Bonchev–Trinajstić information content (AvgIpc) is 2.48. The summed E-state index contributed by atoms with van der Waals surface area (Å²) in [5, 5.41) is 6.25. The summed E-state index contributed by atoms with van der Waals surface area (Å²) in [6, 6.07) is 14.1. The molecule has 0 saturated heterocycles. The van der Waals surface area contributed by atoms with Crippen molar-refractivity contribution in [1.82, 2.24) is 5.32 Å². The number of rotatable bonds is 5. The molecule has 2 rings (SSSR count). The quantitative estimate of drug-likeness (QED) is 0.878. The van der Waals surface area contributed by atoms with E-state index in [0.29, 0.717) is 12.1 Å². The van der Waals surface area contributed by atoms with Gasteiger partial charge < -0.3 is 10.6 Å². The van der Waals surface area contributed by atoms with E-state index in [0.717, 1.165) is 17.8 Å². The maximum atomic E-state index is 11.9. The van der Waals surface area contributed by atoms with Crippen molar-refractivity contribution in [3.8, 4) is 0 Å². The van der Waals surface area contributed by atoms with Gasteiger partial charge >= 0.3 is 0 Å². The molecule has 0 aliphatic carbocycles.